The highest BCUT2D eigenvalue weighted by Crippen LogP contribution is 2.22. The van der Waals surface area contributed by atoms with E-state index >= 15 is 0 Å². The van der Waals surface area contributed by atoms with E-state index in [1.807, 2.05) is 36.6 Å². The molecular weight excluding hydrogens is 432 g/mol. The van der Waals surface area contributed by atoms with Crippen molar-refractivity contribution in [1.29, 1.82) is 0 Å². The molecule has 0 aliphatic heterocycles. The van der Waals surface area contributed by atoms with Gasteiger partial charge in [-0.1, -0.05) is 22.0 Å². The summed E-state index contributed by atoms with van der Waals surface area (Å²) in [5.41, 5.74) is 1.76. The summed E-state index contributed by atoms with van der Waals surface area (Å²) < 4.78 is 1.67. The molecule has 1 aromatic heterocycles. The van der Waals surface area contributed by atoms with Gasteiger partial charge >= 0.3 is 0 Å². The fourth-order valence-corrected chi connectivity index (χ4v) is 3.60. The van der Waals surface area contributed by atoms with Crippen molar-refractivity contribution in [2.75, 3.05) is 11.9 Å². The first-order valence-corrected chi connectivity index (χ1v) is 9.01. The normalized spacial score (nSPS) is 10.3. The number of anilines is 1. The predicted molar refractivity (Wildman–Crippen MR) is 96.5 cm³/mol. The van der Waals surface area contributed by atoms with Crippen LogP contribution in [0.5, 0.6) is 0 Å². The van der Waals surface area contributed by atoms with Crippen LogP contribution >= 0.6 is 43.2 Å². The Balaban J connectivity index is 1.82. The summed E-state index contributed by atoms with van der Waals surface area (Å²) in [6, 6.07) is 7.52. The number of hydrogen-bond acceptors (Lipinski definition) is 3. The Bertz CT molecular complexity index is 701. The quantitative estimate of drug-likeness (QED) is 0.719. The molecule has 0 saturated heterocycles. The third-order valence-corrected chi connectivity index (χ3v) is 5.26. The molecule has 0 atom stereocenters. The van der Waals surface area contributed by atoms with Crippen molar-refractivity contribution < 1.29 is 9.59 Å². The Morgan fingerprint density at radius 1 is 1.23 bits per heavy atom. The van der Waals surface area contributed by atoms with E-state index in [0.717, 1.165) is 20.2 Å². The monoisotopic (exact) mass is 444 g/mol. The van der Waals surface area contributed by atoms with Gasteiger partial charge in [0.05, 0.1) is 0 Å². The lowest BCUT2D eigenvalue weighted by molar-refractivity contribution is -0.116. The summed E-state index contributed by atoms with van der Waals surface area (Å²) in [5, 5.41) is 7.42. The minimum absolute atomic E-state index is 0.133. The molecule has 4 nitrogen and oxygen atoms in total. The molecule has 116 valence electrons. The number of carbonyl (C=O) groups excluding carboxylic acids is 2. The third-order valence-electron chi connectivity index (χ3n) is 2.93. The van der Waals surface area contributed by atoms with Gasteiger partial charge in [-0.2, -0.15) is 0 Å². The highest BCUT2D eigenvalue weighted by atomic mass is 79.9. The van der Waals surface area contributed by atoms with Crippen molar-refractivity contribution in [2.45, 2.75) is 13.3 Å². The molecule has 0 fully saturated rings. The van der Waals surface area contributed by atoms with Crippen LogP contribution in [0, 0.1) is 6.92 Å². The molecule has 7 heteroatoms. The van der Waals surface area contributed by atoms with Gasteiger partial charge in [0.25, 0.3) is 5.91 Å². The van der Waals surface area contributed by atoms with Gasteiger partial charge in [0.1, 0.15) is 4.88 Å². The lowest BCUT2D eigenvalue weighted by Gasteiger charge is -2.09. The average Bonchev–Trinajstić information content (AvgIpc) is 2.89. The van der Waals surface area contributed by atoms with E-state index in [2.05, 4.69) is 42.5 Å². The number of nitrogens with one attached hydrogen (secondary N) is 2. The molecule has 1 aromatic carbocycles. The van der Waals surface area contributed by atoms with Crippen molar-refractivity contribution in [3.63, 3.8) is 0 Å². The van der Waals surface area contributed by atoms with E-state index in [1.54, 1.807) is 0 Å². The number of hydrogen-bond donors (Lipinski definition) is 2. The maximum Gasteiger partial charge on any atom is 0.262 e. The first-order valence-electron chi connectivity index (χ1n) is 6.54. The lowest BCUT2D eigenvalue weighted by atomic mass is 10.2. The summed E-state index contributed by atoms with van der Waals surface area (Å²) in [4.78, 5) is 24.4. The summed E-state index contributed by atoms with van der Waals surface area (Å²) in [6.45, 7) is 2.22. The van der Waals surface area contributed by atoms with Crippen LogP contribution in [0.4, 0.5) is 5.69 Å². The minimum Gasteiger partial charge on any atom is -0.351 e. The maximum atomic E-state index is 11.9. The van der Waals surface area contributed by atoms with Crippen molar-refractivity contribution in [3.05, 3.63) is 49.0 Å². The molecule has 1 heterocycles. The molecule has 2 aromatic rings. The zero-order valence-electron chi connectivity index (χ0n) is 11.8. The second-order valence-electron chi connectivity index (χ2n) is 4.61. The first kappa shape index (κ1) is 17.2. The fraction of sp³-hybridized carbons (Fsp3) is 0.200. The Morgan fingerprint density at radius 2 is 2.00 bits per heavy atom. The molecule has 2 amide bonds. The van der Waals surface area contributed by atoms with E-state index < -0.39 is 0 Å². The van der Waals surface area contributed by atoms with Crippen LogP contribution in [-0.2, 0) is 4.79 Å². The number of amides is 2. The first-order chi connectivity index (χ1) is 10.5. The zero-order valence-corrected chi connectivity index (χ0v) is 15.8. The largest absolute Gasteiger partial charge is 0.351 e. The Morgan fingerprint density at radius 3 is 2.68 bits per heavy atom. The molecule has 0 saturated carbocycles. The van der Waals surface area contributed by atoms with Gasteiger partial charge < -0.3 is 10.6 Å². The van der Waals surface area contributed by atoms with Crippen LogP contribution in [0.15, 0.2) is 38.6 Å². The molecule has 22 heavy (non-hydrogen) atoms. The van der Waals surface area contributed by atoms with Gasteiger partial charge in [0.15, 0.2) is 0 Å². The van der Waals surface area contributed by atoms with Crippen molar-refractivity contribution >= 4 is 60.7 Å². The van der Waals surface area contributed by atoms with Gasteiger partial charge in [-0.25, -0.2) is 0 Å². The van der Waals surface area contributed by atoms with Crippen LogP contribution in [0.25, 0.3) is 0 Å². The van der Waals surface area contributed by atoms with Gasteiger partial charge in [-0.15, -0.1) is 11.3 Å². The summed E-state index contributed by atoms with van der Waals surface area (Å²) >= 11 is 8.05. The average molecular weight is 446 g/mol. The molecule has 0 bridgehead atoms. The molecular formula is C15H14Br2N2O2S. The topological polar surface area (TPSA) is 58.2 Å². The van der Waals surface area contributed by atoms with E-state index in [9.17, 15) is 9.59 Å². The molecule has 0 aliphatic rings. The Kier molecular flexibility index (Phi) is 6.16. The summed E-state index contributed by atoms with van der Waals surface area (Å²) in [7, 11) is 0. The molecule has 0 radical (unpaired) electrons. The smallest absolute Gasteiger partial charge is 0.262 e. The highest BCUT2D eigenvalue weighted by molar-refractivity contribution is 9.10. The maximum absolute atomic E-state index is 11.9. The van der Waals surface area contributed by atoms with Crippen molar-refractivity contribution in [3.8, 4) is 0 Å². The predicted octanol–water partition coefficient (Wildman–Crippen LogP) is 4.34. The van der Waals surface area contributed by atoms with Crippen LogP contribution in [0.2, 0.25) is 0 Å². The summed E-state index contributed by atoms with van der Waals surface area (Å²) in [5.74, 6) is -0.306. The number of thiophene rings is 1. The standard InChI is InChI=1S/C15H14Br2N2O2S/c1-9-2-3-10(16)8-12(9)19-13(20)4-6-18-15(21)14-11(17)5-7-22-14/h2-3,5,7-8H,4,6H2,1H3,(H,18,21)(H,19,20). The number of benzene rings is 1. The molecule has 2 N–H and O–H groups in total. The highest BCUT2D eigenvalue weighted by Gasteiger charge is 2.12. The van der Waals surface area contributed by atoms with Crippen molar-refractivity contribution in [1.82, 2.24) is 5.32 Å². The van der Waals surface area contributed by atoms with Crippen LogP contribution in [-0.4, -0.2) is 18.4 Å². The third kappa shape index (κ3) is 4.66. The van der Waals surface area contributed by atoms with Crippen LogP contribution < -0.4 is 10.6 Å². The number of rotatable bonds is 5. The number of carbonyl (C=O) groups is 2. The molecule has 0 aliphatic carbocycles. The fourth-order valence-electron chi connectivity index (χ4n) is 1.77. The van der Waals surface area contributed by atoms with Gasteiger partial charge in [-0.3, -0.25) is 9.59 Å². The number of aryl methyl sites for hydroxylation is 1. The zero-order chi connectivity index (χ0) is 16.1. The van der Waals surface area contributed by atoms with Crippen LogP contribution in [0.1, 0.15) is 21.7 Å². The van der Waals surface area contributed by atoms with Gasteiger partial charge in [0.2, 0.25) is 5.91 Å². The lowest BCUT2D eigenvalue weighted by Crippen LogP contribution is -2.27. The van der Waals surface area contributed by atoms with E-state index in [0.29, 0.717) is 11.4 Å². The molecule has 0 spiro atoms. The van der Waals surface area contributed by atoms with E-state index in [4.69, 9.17) is 0 Å². The van der Waals surface area contributed by atoms with Gasteiger partial charge in [-0.05, 0) is 52.0 Å². The SMILES string of the molecule is Cc1ccc(Br)cc1NC(=O)CCNC(=O)c1sccc1Br. The van der Waals surface area contributed by atoms with Crippen LogP contribution in [0.3, 0.4) is 0 Å². The van der Waals surface area contributed by atoms with Gasteiger partial charge in [0, 0.05) is 27.6 Å². The molecule has 0 unspecified atom stereocenters. The second-order valence-corrected chi connectivity index (χ2v) is 7.30. The molecule has 2 rings (SSSR count). The van der Waals surface area contributed by atoms with E-state index in [-0.39, 0.29) is 18.2 Å². The van der Waals surface area contributed by atoms with E-state index in [1.165, 1.54) is 11.3 Å². The van der Waals surface area contributed by atoms with Crippen molar-refractivity contribution in [2.24, 2.45) is 0 Å². The summed E-state index contributed by atoms with van der Waals surface area (Å²) in [6.07, 6.45) is 0.223. The minimum atomic E-state index is -0.173. The Labute approximate surface area is 149 Å². The Hall–Kier alpha value is -1.18. The second kappa shape index (κ2) is 7.89. The number of halogens is 2.